The lowest BCUT2D eigenvalue weighted by atomic mass is 10.1. The van der Waals surface area contributed by atoms with Gasteiger partial charge in [0.25, 0.3) is 0 Å². The van der Waals surface area contributed by atoms with Crippen molar-refractivity contribution < 1.29 is 14.7 Å². The van der Waals surface area contributed by atoms with Crippen molar-refractivity contribution in [1.29, 1.82) is 0 Å². The predicted octanol–water partition coefficient (Wildman–Crippen LogP) is 2.48. The molecule has 0 saturated carbocycles. The number of hydrogen-bond acceptors (Lipinski definition) is 3. The van der Waals surface area contributed by atoms with Crippen LogP contribution in [0.2, 0.25) is 0 Å². The van der Waals surface area contributed by atoms with Gasteiger partial charge in [-0.2, -0.15) is 0 Å². The number of hydrogen-bond donors (Lipinski definition) is 1. The number of carbonyl (C=O) groups is 2. The summed E-state index contributed by atoms with van der Waals surface area (Å²) in [6.45, 7) is 1.84. The second kappa shape index (κ2) is 4.70. The van der Waals surface area contributed by atoms with E-state index in [2.05, 4.69) is 15.9 Å². The maximum atomic E-state index is 11.7. The normalized spacial score (nSPS) is 12.4. The molecule has 76 valence electrons. The van der Waals surface area contributed by atoms with Gasteiger partial charge in [0, 0.05) is 0 Å². The Bertz CT molecular complexity index is 359. The van der Waals surface area contributed by atoms with Gasteiger partial charge in [-0.25, -0.2) is 0 Å². The smallest absolute Gasteiger partial charge is 0.304 e. The molecule has 0 aliphatic rings. The number of halogens is 1. The van der Waals surface area contributed by atoms with Gasteiger partial charge in [0.1, 0.15) is 0 Å². The summed E-state index contributed by atoms with van der Waals surface area (Å²) in [5, 5.41) is 10.3. The maximum Gasteiger partial charge on any atom is 0.304 e. The van der Waals surface area contributed by atoms with Gasteiger partial charge >= 0.3 is 5.97 Å². The molecule has 1 rings (SSSR count). The number of Topliss-reactive ketones (excluding diaryl/α,β-unsaturated/α-hetero) is 1. The van der Waals surface area contributed by atoms with Crippen LogP contribution in [0.1, 0.15) is 21.7 Å². The van der Waals surface area contributed by atoms with E-state index in [1.807, 2.05) is 18.4 Å². The zero-order chi connectivity index (χ0) is 10.7. The van der Waals surface area contributed by atoms with Crippen LogP contribution in [0.5, 0.6) is 0 Å². The monoisotopic (exact) mass is 276 g/mol. The average molecular weight is 277 g/mol. The number of alkyl halides is 1. The number of carboxylic acids is 1. The first-order valence-corrected chi connectivity index (χ1v) is 5.76. The van der Waals surface area contributed by atoms with Crippen LogP contribution in [0.4, 0.5) is 0 Å². The minimum Gasteiger partial charge on any atom is -0.481 e. The Balaban J connectivity index is 2.76. The zero-order valence-corrected chi connectivity index (χ0v) is 9.89. The summed E-state index contributed by atoms with van der Waals surface area (Å²) in [6, 6.07) is 1.85. The standard InChI is InChI=1S/C9H9BrO3S/c1-5-2-3-14-9(5)8(13)6(10)4-7(11)12/h2-3,6H,4H2,1H3,(H,11,12). The first-order valence-electron chi connectivity index (χ1n) is 3.96. The predicted molar refractivity (Wildman–Crippen MR) is 58.4 cm³/mol. The number of ketones is 1. The van der Waals surface area contributed by atoms with Crippen LogP contribution < -0.4 is 0 Å². The van der Waals surface area contributed by atoms with Crippen molar-refractivity contribution >= 4 is 39.0 Å². The fraction of sp³-hybridized carbons (Fsp3) is 0.333. The molecular formula is C9H9BrO3S. The number of aliphatic carboxylic acids is 1. The van der Waals surface area contributed by atoms with Gasteiger partial charge in [-0.1, -0.05) is 15.9 Å². The number of thiophene rings is 1. The molecule has 1 aromatic heterocycles. The van der Waals surface area contributed by atoms with E-state index >= 15 is 0 Å². The van der Waals surface area contributed by atoms with E-state index in [1.54, 1.807) is 0 Å². The van der Waals surface area contributed by atoms with Crippen LogP contribution in [-0.2, 0) is 4.79 Å². The molecule has 1 atom stereocenters. The Morgan fingerprint density at radius 3 is 2.71 bits per heavy atom. The first-order chi connectivity index (χ1) is 6.52. The van der Waals surface area contributed by atoms with Crippen molar-refractivity contribution in [3.8, 4) is 0 Å². The van der Waals surface area contributed by atoms with E-state index in [9.17, 15) is 9.59 Å². The molecule has 1 N–H and O–H groups in total. The molecule has 3 nitrogen and oxygen atoms in total. The molecule has 0 radical (unpaired) electrons. The van der Waals surface area contributed by atoms with Crippen molar-refractivity contribution in [2.75, 3.05) is 0 Å². The summed E-state index contributed by atoms with van der Waals surface area (Å²) in [5.41, 5.74) is 0.898. The van der Waals surface area contributed by atoms with E-state index in [0.717, 1.165) is 5.56 Å². The van der Waals surface area contributed by atoms with E-state index in [0.29, 0.717) is 4.88 Å². The molecule has 5 heteroatoms. The Kier molecular flexibility index (Phi) is 3.83. The third-order valence-corrected chi connectivity index (χ3v) is 3.49. The van der Waals surface area contributed by atoms with Crippen molar-refractivity contribution in [3.05, 3.63) is 21.9 Å². The third kappa shape index (κ3) is 2.65. The SMILES string of the molecule is Cc1ccsc1C(=O)C(Br)CC(=O)O. The molecule has 0 aromatic carbocycles. The molecule has 0 bridgehead atoms. The third-order valence-electron chi connectivity index (χ3n) is 1.72. The minimum atomic E-state index is -0.977. The minimum absolute atomic E-state index is 0.153. The maximum absolute atomic E-state index is 11.7. The first kappa shape index (κ1) is 11.4. The molecule has 1 unspecified atom stereocenters. The van der Waals surface area contributed by atoms with Gasteiger partial charge in [-0.05, 0) is 23.9 Å². The molecule has 1 aromatic rings. The Morgan fingerprint density at radius 2 is 2.29 bits per heavy atom. The molecule has 0 aliphatic heterocycles. The van der Waals surface area contributed by atoms with Gasteiger partial charge in [-0.3, -0.25) is 9.59 Å². The molecule has 0 saturated heterocycles. The summed E-state index contributed by atoms with van der Waals surface area (Å²) in [4.78, 5) is 22.1. The number of aryl methyl sites for hydroxylation is 1. The average Bonchev–Trinajstić information content (AvgIpc) is 2.48. The van der Waals surface area contributed by atoms with E-state index in [-0.39, 0.29) is 12.2 Å². The molecule has 0 spiro atoms. The fourth-order valence-electron chi connectivity index (χ4n) is 1.01. The Morgan fingerprint density at radius 1 is 1.64 bits per heavy atom. The van der Waals surface area contributed by atoms with Crippen LogP contribution in [0.15, 0.2) is 11.4 Å². The van der Waals surface area contributed by atoms with Gasteiger partial charge < -0.3 is 5.11 Å². The van der Waals surface area contributed by atoms with Crippen molar-refractivity contribution in [2.45, 2.75) is 18.2 Å². The lowest BCUT2D eigenvalue weighted by molar-refractivity contribution is -0.136. The topological polar surface area (TPSA) is 54.4 Å². The Labute approximate surface area is 93.9 Å². The number of carbonyl (C=O) groups excluding carboxylic acids is 1. The summed E-state index contributed by atoms with van der Waals surface area (Å²) >= 11 is 4.42. The van der Waals surface area contributed by atoms with Gasteiger partial charge in [0.2, 0.25) is 0 Å². The quantitative estimate of drug-likeness (QED) is 0.679. The zero-order valence-electron chi connectivity index (χ0n) is 7.49. The highest BCUT2D eigenvalue weighted by molar-refractivity contribution is 9.10. The summed E-state index contributed by atoms with van der Waals surface area (Å²) < 4.78 is 0. The largest absolute Gasteiger partial charge is 0.481 e. The second-order valence-electron chi connectivity index (χ2n) is 2.86. The van der Waals surface area contributed by atoms with Crippen LogP contribution in [0.3, 0.4) is 0 Å². The van der Waals surface area contributed by atoms with Crippen molar-refractivity contribution in [2.24, 2.45) is 0 Å². The second-order valence-corrected chi connectivity index (χ2v) is 4.88. The van der Waals surface area contributed by atoms with E-state index in [4.69, 9.17) is 5.11 Å². The van der Waals surface area contributed by atoms with Gasteiger partial charge in [-0.15, -0.1) is 11.3 Å². The molecule has 14 heavy (non-hydrogen) atoms. The van der Waals surface area contributed by atoms with Crippen molar-refractivity contribution in [1.82, 2.24) is 0 Å². The number of carboxylic acid groups (broad SMARTS) is 1. The molecular weight excluding hydrogens is 268 g/mol. The summed E-state index contributed by atoms with van der Waals surface area (Å²) in [5.74, 6) is -1.13. The van der Waals surface area contributed by atoms with E-state index < -0.39 is 10.8 Å². The van der Waals surface area contributed by atoms with Crippen LogP contribution >= 0.6 is 27.3 Å². The van der Waals surface area contributed by atoms with E-state index in [1.165, 1.54) is 11.3 Å². The highest BCUT2D eigenvalue weighted by Gasteiger charge is 2.21. The highest BCUT2D eigenvalue weighted by Crippen LogP contribution is 2.21. The Hall–Kier alpha value is -0.680. The van der Waals surface area contributed by atoms with Crippen LogP contribution in [-0.4, -0.2) is 21.7 Å². The highest BCUT2D eigenvalue weighted by atomic mass is 79.9. The molecule has 0 fully saturated rings. The van der Waals surface area contributed by atoms with Gasteiger partial charge in [0.15, 0.2) is 5.78 Å². The van der Waals surface area contributed by atoms with Gasteiger partial charge in [0.05, 0.1) is 16.1 Å². The molecule has 1 heterocycles. The molecule has 0 aliphatic carbocycles. The summed E-state index contributed by atoms with van der Waals surface area (Å²) in [6.07, 6.45) is -0.184. The lowest BCUT2D eigenvalue weighted by Crippen LogP contribution is -2.17. The van der Waals surface area contributed by atoms with Crippen LogP contribution in [0, 0.1) is 6.92 Å². The van der Waals surface area contributed by atoms with Crippen molar-refractivity contribution in [3.63, 3.8) is 0 Å². The lowest BCUT2D eigenvalue weighted by Gasteiger charge is -2.04. The van der Waals surface area contributed by atoms with Crippen LogP contribution in [0.25, 0.3) is 0 Å². The molecule has 0 amide bonds. The summed E-state index contributed by atoms with van der Waals surface area (Å²) in [7, 11) is 0. The number of rotatable bonds is 4. The fourth-order valence-corrected chi connectivity index (χ4v) is 2.59.